The molecule has 90 valence electrons. The lowest BCUT2D eigenvalue weighted by molar-refractivity contribution is 1.14. The minimum Gasteiger partial charge on any atom is -0.380 e. The third kappa shape index (κ3) is 3.15. The number of benzene rings is 2. The molecule has 0 heterocycles. The molecule has 1 N–H and O–H groups in total. The minimum atomic E-state index is 0.587. The highest BCUT2D eigenvalue weighted by atomic mass is 127. The molecule has 2 aromatic carbocycles. The van der Waals surface area contributed by atoms with Crippen LogP contribution in [0.1, 0.15) is 11.1 Å². The summed E-state index contributed by atoms with van der Waals surface area (Å²) in [6, 6.07) is 15.5. The summed E-state index contributed by atoms with van der Waals surface area (Å²) in [6.07, 6.45) is 0. The SMILES string of the molecule is N#Cc1ccccc1CNc1cc(I)ccc1Cl. The summed E-state index contributed by atoms with van der Waals surface area (Å²) in [7, 11) is 0. The van der Waals surface area contributed by atoms with Gasteiger partial charge >= 0.3 is 0 Å². The van der Waals surface area contributed by atoms with E-state index in [0.29, 0.717) is 17.1 Å². The number of nitrogens with one attached hydrogen (secondary N) is 1. The Balaban J connectivity index is 2.17. The lowest BCUT2D eigenvalue weighted by Gasteiger charge is -2.10. The fourth-order valence-corrected chi connectivity index (χ4v) is 2.28. The van der Waals surface area contributed by atoms with Gasteiger partial charge in [-0.3, -0.25) is 0 Å². The Morgan fingerprint density at radius 1 is 1.22 bits per heavy atom. The molecule has 0 aliphatic rings. The Morgan fingerprint density at radius 3 is 2.78 bits per heavy atom. The van der Waals surface area contributed by atoms with Crippen LogP contribution in [0, 0.1) is 14.9 Å². The van der Waals surface area contributed by atoms with Crippen LogP contribution in [0.15, 0.2) is 42.5 Å². The molecule has 0 spiro atoms. The van der Waals surface area contributed by atoms with E-state index < -0.39 is 0 Å². The number of hydrogen-bond donors (Lipinski definition) is 1. The molecule has 2 nitrogen and oxygen atoms in total. The van der Waals surface area contributed by atoms with Crippen LogP contribution in [0.4, 0.5) is 5.69 Å². The number of nitrogens with zero attached hydrogens (tertiary/aromatic N) is 1. The van der Waals surface area contributed by atoms with Crippen LogP contribution in [0.2, 0.25) is 5.02 Å². The summed E-state index contributed by atoms with van der Waals surface area (Å²) in [6.45, 7) is 0.587. The minimum absolute atomic E-state index is 0.587. The molecule has 0 fully saturated rings. The third-order valence-corrected chi connectivity index (χ3v) is 3.54. The lowest BCUT2D eigenvalue weighted by atomic mass is 10.1. The van der Waals surface area contributed by atoms with Crippen molar-refractivity contribution in [1.29, 1.82) is 5.26 Å². The Kier molecular flexibility index (Phi) is 4.45. The number of rotatable bonds is 3. The second-order valence-electron chi connectivity index (χ2n) is 3.75. The van der Waals surface area contributed by atoms with E-state index in [2.05, 4.69) is 34.0 Å². The predicted octanol–water partition coefficient (Wildman–Crippen LogP) is 4.43. The van der Waals surface area contributed by atoms with Crippen LogP contribution in [0.3, 0.4) is 0 Å². The summed E-state index contributed by atoms with van der Waals surface area (Å²) < 4.78 is 1.12. The van der Waals surface area contributed by atoms with Crippen molar-refractivity contribution >= 4 is 39.9 Å². The zero-order chi connectivity index (χ0) is 13.0. The molecule has 0 unspecified atom stereocenters. The van der Waals surface area contributed by atoms with Crippen LogP contribution >= 0.6 is 34.2 Å². The fourth-order valence-electron chi connectivity index (χ4n) is 1.61. The predicted molar refractivity (Wildman–Crippen MR) is 82.7 cm³/mol. The standard InChI is InChI=1S/C14H10ClIN2/c15-13-6-5-12(16)7-14(13)18-9-11-4-2-1-3-10(11)8-17/h1-7,18H,9H2. The zero-order valence-corrected chi connectivity index (χ0v) is 12.4. The van der Waals surface area contributed by atoms with Crippen molar-refractivity contribution in [3.05, 3.63) is 62.2 Å². The van der Waals surface area contributed by atoms with Gasteiger partial charge in [-0.15, -0.1) is 0 Å². The molecule has 0 bridgehead atoms. The van der Waals surface area contributed by atoms with E-state index in [1.165, 1.54) is 0 Å². The average Bonchev–Trinajstić information content (AvgIpc) is 2.40. The van der Waals surface area contributed by atoms with Gasteiger partial charge in [0.05, 0.1) is 22.3 Å². The molecule has 2 aromatic rings. The Labute approximate surface area is 125 Å². The second-order valence-corrected chi connectivity index (χ2v) is 5.40. The lowest BCUT2D eigenvalue weighted by Crippen LogP contribution is -2.02. The largest absolute Gasteiger partial charge is 0.380 e. The van der Waals surface area contributed by atoms with Gasteiger partial charge in [0.1, 0.15) is 0 Å². The van der Waals surface area contributed by atoms with Crippen molar-refractivity contribution in [2.75, 3.05) is 5.32 Å². The maximum absolute atomic E-state index is 9.01. The van der Waals surface area contributed by atoms with Crippen LogP contribution < -0.4 is 5.32 Å². The molecule has 0 radical (unpaired) electrons. The van der Waals surface area contributed by atoms with Crippen molar-refractivity contribution in [1.82, 2.24) is 0 Å². The highest BCUT2D eigenvalue weighted by Gasteiger charge is 2.03. The molecule has 0 amide bonds. The van der Waals surface area contributed by atoms with Crippen molar-refractivity contribution in [3.8, 4) is 6.07 Å². The number of anilines is 1. The van der Waals surface area contributed by atoms with Gasteiger partial charge in [0.15, 0.2) is 0 Å². The van der Waals surface area contributed by atoms with Crippen molar-refractivity contribution in [3.63, 3.8) is 0 Å². The average molecular weight is 369 g/mol. The van der Waals surface area contributed by atoms with Crippen LogP contribution in [0.5, 0.6) is 0 Å². The first-order valence-corrected chi connectivity index (χ1v) is 6.83. The van der Waals surface area contributed by atoms with E-state index in [4.69, 9.17) is 16.9 Å². The normalized spacial score (nSPS) is 9.83. The van der Waals surface area contributed by atoms with Crippen LogP contribution in [0.25, 0.3) is 0 Å². The molecular weight excluding hydrogens is 359 g/mol. The van der Waals surface area contributed by atoms with Crippen molar-refractivity contribution in [2.45, 2.75) is 6.54 Å². The molecule has 2 rings (SSSR count). The number of hydrogen-bond acceptors (Lipinski definition) is 2. The molecule has 0 saturated carbocycles. The Bertz CT molecular complexity index is 605. The first-order chi connectivity index (χ1) is 8.70. The summed E-state index contributed by atoms with van der Waals surface area (Å²) in [4.78, 5) is 0. The van der Waals surface area contributed by atoms with Gasteiger partial charge in [-0.2, -0.15) is 5.26 Å². The Morgan fingerprint density at radius 2 is 2.00 bits per heavy atom. The molecule has 0 aliphatic heterocycles. The Hall–Kier alpha value is -1.25. The van der Waals surface area contributed by atoms with Gasteiger partial charge in [-0.25, -0.2) is 0 Å². The van der Waals surface area contributed by atoms with Crippen molar-refractivity contribution < 1.29 is 0 Å². The summed E-state index contributed by atoms with van der Waals surface area (Å²) in [5, 5.41) is 13.0. The van der Waals surface area contributed by atoms with E-state index in [-0.39, 0.29) is 0 Å². The quantitative estimate of drug-likeness (QED) is 0.814. The van der Waals surface area contributed by atoms with Gasteiger partial charge < -0.3 is 5.32 Å². The molecule has 4 heteroatoms. The molecular formula is C14H10ClIN2. The highest BCUT2D eigenvalue weighted by Crippen LogP contribution is 2.24. The smallest absolute Gasteiger partial charge is 0.0995 e. The van der Waals surface area contributed by atoms with Gasteiger partial charge in [-0.05, 0) is 52.4 Å². The summed E-state index contributed by atoms with van der Waals surface area (Å²) in [5.74, 6) is 0. The van der Waals surface area contributed by atoms with Crippen LogP contribution in [-0.2, 0) is 6.54 Å². The molecule has 0 aliphatic carbocycles. The third-order valence-electron chi connectivity index (χ3n) is 2.54. The fraction of sp³-hybridized carbons (Fsp3) is 0.0714. The number of halogens is 2. The molecule has 0 atom stereocenters. The van der Waals surface area contributed by atoms with Gasteiger partial charge in [-0.1, -0.05) is 29.8 Å². The first kappa shape index (κ1) is 13.2. The van der Waals surface area contributed by atoms with Gasteiger partial charge in [0.2, 0.25) is 0 Å². The van der Waals surface area contributed by atoms with E-state index >= 15 is 0 Å². The van der Waals surface area contributed by atoms with E-state index in [1.54, 1.807) is 0 Å². The zero-order valence-electron chi connectivity index (χ0n) is 9.45. The molecule has 18 heavy (non-hydrogen) atoms. The monoisotopic (exact) mass is 368 g/mol. The van der Waals surface area contributed by atoms with E-state index in [9.17, 15) is 0 Å². The molecule has 0 saturated heterocycles. The maximum atomic E-state index is 9.01. The van der Waals surface area contributed by atoms with Crippen molar-refractivity contribution in [2.24, 2.45) is 0 Å². The van der Waals surface area contributed by atoms with E-state index in [0.717, 1.165) is 14.8 Å². The maximum Gasteiger partial charge on any atom is 0.0995 e. The number of nitriles is 1. The van der Waals surface area contributed by atoms with Crippen LogP contribution in [-0.4, -0.2) is 0 Å². The highest BCUT2D eigenvalue weighted by molar-refractivity contribution is 14.1. The first-order valence-electron chi connectivity index (χ1n) is 5.37. The van der Waals surface area contributed by atoms with Gasteiger partial charge in [0, 0.05) is 10.1 Å². The van der Waals surface area contributed by atoms with Gasteiger partial charge in [0.25, 0.3) is 0 Å². The second kappa shape index (κ2) is 6.07. The topological polar surface area (TPSA) is 35.8 Å². The molecule has 0 aromatic heterocycles. The summed E-state index contributed by atoms with van der Waals surface area (Å²) >= 11 is 8.34. The summed E-state index contributed by atoms with van der Waals surface area (Å²) in [5.41, 5.74) is 2.54. The van der Waals surface area contributed by atoms with E-state index in [1.807, 2.05) is 42.5 Å².